The van der Waals surface area contributed by atoms with Crippen molar-refractivity contribution >= 4 is 17.4 Å². The Hall–Kier alpha value is -3.51. The number of quaternary nitrogens is 1. The Morgan fingerprint density at radius 3 is 2.10 bits per heavy atom. The molecule has 0 aromatic heterocycles. The zero-order valence-corrected chi connectivity index (χ0v) is 17.4. The van der Waals surface area contributed by atoms with Crippen molar-refractivity contribution in [3.8, 4) is 11.5 Å². The first-order valence-corrected chi connectivity index (χ1v) is 10.7. The first-order valence-electron chi connectivity index (χ1n) is 10.7. The van der Waals surface area contributed by atoms with Crippen LogP contribution in [0, 0.1) is 0 Å². The summed E-state index contributed by atoms with van der Waals surface area (Å²) in [5.41, 5.74) is 3.00. The van der Waals surface area contributed by atoms with Gasteiger partial charge in [0, 0.05) is 5.56 Å². The van der Waals surface area contributed by atoms with E-state index in [2.05, 4.69) is 12.1 Å². The van der Waals surface area contributed by atoms with Crippen LogP contribution in [0.25, 0.3) is 0 Å². The van der Waals surface area contributed by atoms with Gasteiger partial charge in [-0.25, -0.2) is 4.79 Å². The van der Waals surface area contributed by atoms with Gasteiger partial charge in [0.25, 0.3) is 0 Å². The number of anilines is 2. The monoisotopic (exact) mass is 416 g/mol. The summed E-state index contributed by atoms with van der Waals surface area (Å²) in [5.74, 6) is 1.64. The number of para-hydroxylation sites is 2. The predicted molar refractivity (Wildman–Crippen MR) is 119 cm³/mol. The van der Waals surface area contributed by atoms with Crippen molar-refractivity contribution in [3.05, 3.63) is 84.4 Å². The number of fused-ring (bicyclic) bond motifs is 1. The number of hydrogen-bond acceptors (Lipinski definition) is 3. The fraction of sp³-hybridized carbons (Fsp3) is 0.240. The Bertz CT molecular complexity index is 995. The van der Waals surface area contributed by atoms with Gasteiger partial charge in [-0.05, 0) is 42.5 Å². The minimum absolute atomic E-state index is 0.0273. The zero-order chi connectivity index (χ0) is 21.0. The molecule has 0 unspecified atom stereocenters. The van der Waals surface area contributed by atoms with E-state index in [4.69, 9.17) is 9.47 Å². The molecule has 2 aliphatic rings. The molecule has 31 heavy (non-hydrogen) atoms. The van der Waals surface area contributed by atoms with Gasteiger partial charge >= 0.3 is 6.03 Å². The van der Waals surface area contributed by atoms with E-state index in [0.717, 1.165) is 55.6 Å². The summed E-state index contributed by atoms with van der Waals surface area (Å²) in [7, 11) is 0. The van der Waals surface area contributed by atoms with Crippen LogP contribution in [0.3, 0.4) is 0 Å². The number of nitrogens with zero attached hydrogens (tertiary/aromatic N) is 2. The number of urea groups is 1. The summed E-state index contributed by atoms with van der Waals surface area (Å²) in [6.07, 6.45) is 0. The van der Waals surface area contributed by atoms with Crippen LogP contribution < -0.4 is 19.3 Å². The van der Waals surface area contributed by atoms with Crippen molar-refractivity contribution < 1.29 is 19.2 Å². The summed E-state index contributed by atoms with van der Waals surface area (Å²) >= 11 is 0. The van der Waals surface area contributed by atoms with E-state index >= 15 is 0 Å². The lowest BCUT2D eigenvalue weighted by Gasteiger charge is -2.35. The molecule has 1 N–H and O–H groups in total. The summed E-state index contributed by atoms with van der Waals surface area (Å²) in [6.45, 7) is 4.50. The van der Waals surface area contributed by atoms with E-state index in [0.29, 0.717) is 6.79 Å². The van der Waals surface area contributed by atoms with Gasteiger partial charge in [-0.2, -0.15) is 0 Å². The molecule has 2 heterocycles. The van der Waals surface area contributed by atoms with Crippen molar-refractivity contribution in [2.75, 3.05) is 37.9 Å². The number of carbonyl (C=O) groups is 1. The normalized spacial score (nSPS) is 15.7. The molecule has 0 saturated carbocycles. The highest BCUT2D eigenvalue weighted by Crippen LogP contribution is 2.32. The third-order valence-electron chi connectivity index (χ3n) is 5.85. The SMILES string of the molecule is O=C(N1CC[NH+](Cc2ccc3c(c2)OCO3)CC1)N(c1ccccc1)c1ccccc1. The fourth-order valence-corrected chi connectivity index (χ4v) is 4.20. The Balaban J connectivity index is 1.26. The Morgan fingerprint density at radius 2 is 1.45 bits per heavy atom. The van der Waals surface area contributed by atoms with Crippen LogP contribution in [0.2, 0.25) is 0 Å². The van der Waals surface area contributed by atoms with Crippen molar-refractivity contribution in [2.45, 2.75) is 6.54 Å². The van der Waals surface area contributed by atoms with E-state index in [-0.39, 0.29) is 6.03 Å². The molecule has 0 spiro atoms. The van der Waals surface area contributed by atoms with Gasteiger partial charge < -0.3 is 19.3 Å². The highest BCUT2D eigenvalue weighted by molar-refractivity contribution is 5.99. The van der Waals surface area contributed by atoms with E-state index in [9.17, 15) is 4.79 Å². The summed E-state index contributed by atoms with van der Waals surface area (Å²) < 4.78 is 10.9. The van der Waals surface area contributed by atoms with Crippen molar-refractivity contribution in [2.24, 2.45) is 0 Å². The van der Waals surface area contributed by atoms with Gasteiger partial charge in [0.05, 0.1) is 37.6 Å². The second kappa shape index (κ2) is 8.70. The fourth-order valence-electron chi connectivity index (χ4n) is 4.20. The van der Waals surface area contributed by atoms with Gasteiger partial charge in [0.1, 0.15) is 6.54 Å². The maximum atomic E-state index is 13.5. The molecule has 3 aromatic rings. The molecule has 0 radical (unpaired) electrons. The van der Waals surface area contributed by atoms with Crippen molar-refractivity contribution in [1.29, 1.82) is 0 Å². The van der Waals surface area contributed by atoms with Gasteiger partial charge in [0.15, 0.2) is 11.5 Å². The summed E-state index contributed by atoms with van der Waals surface area (Å²) in [5, 5.41) is 0. The average Bonchev–Trinajstić information content (AvgIpc) is 3.29. The molecule has 6 nitrogen and oxygen atoms in total. The second-order valence-corrected chi connectivity index (χ2v) is 7.89. The molecular weight excluding hydrogens is 390 g/mol. The average molecular weight is 417 g/mol. The second-order valence-electron chi connectivity index (χ2n) is 7.89. The molecule has 1 saturated heterocycles. The number of rotatable bonds is 4. The summed E-state index contributed by atoms with van der Waals surface area (Å²) in [4.78, 5) is 18.7. The number of benzene rings is 3. The molecule has 158 valence electrons. The van der Waals surface area contributed by atoms with Crippen LogP contribution in [0.4, 0.5) is 16.2 Å². The van der Waals surface area contributed by atoms with Gasteiger partial charge in [-0.15, -0.1) is 0 Å². The molecular formula is C25H26N3O3+. The van der Waals surface area contributed by atoms with Crippen molar-refractivity contribution in [1.82, 2.24) is 4.90 Å². The van der Waals surface area contributed by atoms with Crippen molar-refractivity contribution in [3.63, 3.8) is 0 Å². The maximum Gasteiger partial charge on any atom is 0.329 e. The molecule has 2 amide bonds. The number of ether oxygens (including phenoxy) is 2. The van der Waals surface area contributed by atoms with Crippen LogP contribution in [0.5, 0.6) is 11.5 Å². The minimum Gasteiger partial charge on any atom is -0.454 e. The lowest BCUT2D eigenvalue weighted by Crippen LogP contribution is -3.13. The van der Waals surface area contributed by atoms with Crippen LogP contribution >= 0.6 is 0 Å². The first-order chi connectivity index (χ1) is 15.3. The highest BCUT2D eigenvalue weighted by Gasteiger charge is 2.29. The van der Waals surface area contributed by atoms with Crippen LogP contribution in [0.15, 0.2) is 78.9 Å². The van der Waals surface area contributed by atoms with E-state index in [1.165, 1.54) is 10.5 Å². The highest BCUT2D eigenvalue weighted by atomic mass is 16.7. The Kier molecular flexibility index (Phi) is 5.46. The predicted octanol–water partition coefficient (Wildman–Crippen LogP) is 3.07. The Labute approximate surface area is 182 Å². The Morgan fingerprint density at radius 1 is 0.839 bits per heavy atom. The lowest BCUT2D eigenvalue weighted by molar-refractivity contribution is -0.917. The van der Waals surface area contributed by atoms with Gasteiger partial charge in [-0.3, -0.25) is 4.90 Å². The number of nitrogens with one attached hydrogen (secondary N) is 1. The van der Waals surface area contributed by atoms with Gasteiger partial charge in [0.2, 0.25) is 6.79 Å². The molecule has 0 aliphatic carbocycles. The van der Waals surface area contributed by atoms with Crippen LogP contribution in [-0.4, -0.2) is 43.9 Å². The number of amides is 2. The third kappa shape index (κ3) is 4.20. The number of carbonyl (C=O) groups excluding carboxylic acids is 1. The number of piperazine rings is 1. The molecule has 3 aromatic carbocycles. The molecule has 6 heteroatoms. The van der Waals surface area contributed by atoms with Gasteiger partial charge in [-0.1, -0.05) is 36.4 Å². The molecule has 5 rings (SSSR count). The lowest BCUT2D eigenvalue weighted by atomic mass is 10.1. The third-order valence-corrected chi connectivity index (χ3v) is 5.85. The smallest absolute Gasteiger partial charge is 0.329 e. The van der Waals surface area contributed by atoms with E-state index < -0.39 is 0 Å². The molecule has 2 aliphatic heterocycles. The summed E-state index contributed by atoms with van der Waals surface area (Å²) in [6, 6.07) is 25.9. The minimum atomic E-state index is 0.0273. The zero-order valence-electron chi connectivity index (χ0n) is 17.4. The maximum absolute atomic E-state index is 13.5. The van der Waals surface area contributed by atoms with Crippen LogP contribution in [0.1, 0.15) is 5.56 Å². The van der Waals surface area contributed by atoms with E-state index in [1.54, 1.807) is 0 Å². The topological polar surface area (TPSA) is 46.5 Å². The molecule has 0 bridgehead atoms. The van der Waals surface area contributed by atoms with E-state index in [1.807, 2.05) is 76.5 Å². The standard InChI is InChI=1S/C25H25N3O3/c29-25(28(21-7-3-1-4-8-21)22-9-5-2-6-10-22)27-15-13-26(14-16-27)18-20-11-12-23-24(17-20)31-19-30-23/h1-12,17H,13-16,18-19H2/p+1. The quantitative estimate of drug-likeness (QED) is 0.711. The molecule has 0 atom stereocenters. The van der Waals surface area contributed by atoms with Crippen LogP contribution in [-0.2, 0) is 6.54 Å². The number of hydrogen-bond donors (Lipinski definition) is 1. The molecule has 1 fully saturated rings. The first kappa shape index (κ1) is 19.5. The largest absolute Gasteiger partial charge is 0.454 e.